The Morgan fingerprint density at radius 1 is 1.20 bits per heavy atom. The molecule has 0 heterocycles. The first-order valence-electron chi connectivity index (χ1n) is 4.77. The summed E-state index contributed by atoms with van der Waals surface area (Å²) in [6, 6.07) is 11.4. The third-order valence-electron chi connectivity index (χ3n) is 2.38. The summed E-state index contributed by atoms with van der Waals surface area (Å²) in [5.41, 5.74) is 0.857. The zero-order valence-electron chi connectivity index (χ0n) is 8.44. The van der Waals surface area contributed by atoms with E-state index in [9.17, 15) is 0 Å². The Balaban J connectivity index is 2.99. The van der Waals surface area contributed by atoms with Crippen molar-refractivity contribution < 1.29 is 0 Å². The predicted octanol–water partition coefficient (Wildman–Crippen LogP) is 3.50. The molecule has 1 aromatic carbocycles. The molecule has 2 unspecified atom stereocenters. The quantitative estimate of drug-likeness (QED) is 0.780. The lowest BCUT2D eigenvalue weighted by atomic mass is 9.86. The fraction of sp³-hybridized carbons (Fsp3) is 0.333. The van der Waals surface area contributed by atoms with Crippen LogP contribution in [0, 0.1) is 28.6 Å². The van der Waals surface area contributed by atoms with Gasteiger partial charge in [-0.05, 0) is 24.1 Å². The van der Waals surface area contributed by atoms with Crippen LogP contribution in [0.4, 0.5) is 0 Å². The Labute approximate surface area is 94.7 Å². The molecule has 0 saturated carbocycles. The Kier molecular flexibility index (Phi) is 4.16. The van der Waals surface area contributed by atoms with Gasteiger partial charge >= 0.3 is 0 Å². The van der Waals surface area contributed by atoms with Gasteiger partial charge < -0.3 is 0 Å². The molecule has 0 aromatic heterocycles. The molecule has 1 aromatic rings. The molecule has 0 bridgehead atoms. The van der Waals surface area contributed by atoms with Gasteiger partial charge in [-0.1, -0.05) is 30.7 Å². The second kappa shape index (κ2) is 5.39. The Morgan fingerprint density at radius 2 is 1.80 bits per heavy atom. The summed E-state index contributed by atoms with van der Waals surface area (Å²) < 4.78 is 0. The van der Waals surface area contributed by atoms with Crippen LogP contribution in [-0.4, -0.2) is 0 Å². The molecule has 0 N–H and O–H groups in total. The molecule has 0 aliphatic rings. The van der Waals surface area contributed by atoms with Gasteiger partial charge in [-0.3, -0.25) is 0 Å². The molecule has 0 aliphatic heterocycles. The highest BCUT2D eigenvalue weighted by molar-refractivity contribution is 6.30. The minimum absolute atomic E-state index is 0.254. The summed E-state index contributed by atoms with van der Waals surface area (Å²) >= 11 is 5.76. The Hall–Kier alpha value is -1.51. The highest BCUT2D eigenvalue weighted by atomic mass is 35.5. The first-order valence-corrected chi connectivity index (χ1v) is 5.15. The van der Waals surface area contributed by atoms with E-state index in [4.69, 9.17) is 22.1 Å². The fourth-order valence-electron chi connectivity index (χ4n) is 1.47. The molecule has 0 radical (unpaired) electrons. The van der Waals surface area contributed by atoms with Crippen LogP contribution >= 0.6 is 11.6 Å². The number of hydrogen-bond donors (Lipinski definition) is 0. The molecule has 2 nitrogen and oxygen atoms in total. The van der Waals surface area contributed by atoms with Crippen LogP contribution in [0.3, 0.4) is 0 Å². The van der Waals surface area contributed by atoms with Crippen LogP contribution < -0.4 is 0 Å². The van der Waals surface area contributed by atoms with Gasteiger partial charge in [-0.2, -0.15) is 10.5 Å². The molecule has 0 aliphatic carbocycles. The molecule has 0 amide bonds. The van der Waals surface area contributed by atoms with Gasteiger partial charge in [0.25, 0.3) is 0 Å². The van der Waals surface area contributed by atoms with Gasteiger partial charge in [0.2, 0.25) is 0 Å². The summed E-state index contributed by atoms with van der Waals surface area (Å²) in [5, 5.41) is 18.6. The molecule has 15 heavy (non-hydrogen) atoms. The molecule has 0 saturated heterocycles. The summed E-state index contributed by atoms with van der Waals surface area (Å²) in [5.74, 6) is -0.617. The SMILES string of the molecule is CCC(C#N)C(C#N)c1ccc(Cl)cc1. The first kappa shape index (κ1) is 11.6. The molecule has 76 valence electrons. The van der Waals surface area contributed by atoms with Crippen LogP contribution in [0.1, 0.15) is 24.8 Å². The van der Waals surface area contributed by atoms with Gasteiger partial charge in [0, 0.05) is 5.02 Å². The number of benzene rings is 1. The smallest absolute Gasteiger partial charge is 0.0870 e. The van der Waals surface area contributed by atoms with Crippen molar-refractivity contribution in [2.24, 2.45) is 5.92 Å². The Morgan fingerprint density at radius 3 is 2.20 bits per heavy atom. The zero-order valence-corrected chi connectivity index (χ0v) is 9.20. The molecule has 2 atom stereocenters. The number of nitriles is 2. The van der Waals surface area contributed by atoms with Crippen molar-refractivity contribution in [2.75, 3.05) is 0 Å². The van der Waals surface area contributed by atoms with Gasteiger partial charge in [-0.25, -0.2) is 0 Å². The largest absolute Gasteiger partial charge is 0.198 e. The lowest BCUT2D eigenvalue weighted by Crippen LogP contribution is -2.08. The second-order valence-corrected chi connectivity index (χ2v) is 3.74. The maximum atomic E-state index is 9.05. The van der Waals surface area contributed by atoms with E-state index >= 15 is 0 Å². The van der Waals surface area contributed by atoms with Crippen molar-refractivity contribution in [2.45, 2.75) is 19.3 Å². The number of rotatable bonds is 3. The lowest BCUT2D eigenvalue weighted by molar-refractivity contribution is 0.585. The normalized spacial score (nSPS) is 13.6. The topological polar surface area (TPSA) is 47.6 Å². The number of hydrogen-bond acceptors (Lipinski definition) is 2. The van der Waals surface area contributed by atoms with Crippen molar-refractivity contribution in [3.8, 4) is 12.1 Å². The van der Waals surface area contributed by atoms with E-state index in [1.807, 2.05) is 6.92 Å². The molecule has 3 heteroatoms. The molecular formula is C12H11ClN2. The van der Waals surface area contributed by atoms with Gasteiger partial charge in [-0.15, -0.1) is 0 Å². The summed E-state index contributed by atoms with van der Waals surface area (Å²) in [6.45, 7) is 1.91. The van der Waals surface area contributed by atoms with Crippen molar-refractivity contribution in [3.05, 3.63) is 34.9 Å². The number of nitrogens with zero attached hydrogens (tertiary/aromatic N) is 2. The van der Waals surface area contributed by atoms with E-state index in [0.717, 1.165) is 5.56 Å². The average molecular weight is 219 g/mol. The van der Waals surface area contributed by atoms with E-state index in [1.165, 1.54) is 0 Å². The Bertz CT molecular complexity index is 397. The monoisotopic (exact) mass is 218 g/mol. The van der Waals surface area contributed by atoms with Gasteiger partial charge in [0.15, 0.2) is 0 Å². The third-order valence-corrected chi connectivity index (χ3v) is 2.63. The second-order valence-electron chi connectivity index (χ2n) is 3.30. The van der Waals surface area contributed by atoms with Crippen LogP contribution in [0.15, 0.2) is 24.3 Å². The lowest BCUT2D eigenvalue weighted by Gasteiger charge is -2.13. The highest BCUT2D eigenvalue weighted by Gasteiger charge is 2.20. The summed E-state index contributed by atoms with van der Waals surface area (Å²) in [7, 11) is 0. The summed E-state index contributed by atoms with van der Waals surface area (Å²) in [4.78, 5) is 0. The minimum Gasteiger partial charge on any atom is -0.198 e. The van der Waals surface area contributed by atoms with Gasteiger partial charge in [0.1, 0.15) is 0 Å². The fourth-order valence-corrected chi connectivity index (χ4v) is 1.59. The van der Waals surface area contributed by atoms with Crippen molar-refractivity contribution in [3.63, 3.8) is 0 Å². The van der Waals surface area contributed by atoms with Gasteiger partial charge in [0.05, 0.1) is 24.0 Å². The van der Waals surface area contributed by atoms with Crippen LogP contribution in [-0.2, 0) is 0 Å². The van der Waals surface area contributed by atoms with E-state index < -0.39 is 0 Å². The average Bonchev–Trinajstić information content (AvgIpc) is 2.27. The van der Waals surface area contributed by atoms with Crippen LogP contribution in [0.25, 0.3) is 0 Å². The minimum atomic E-state index is -0.364. The maximum Gasteiger partial charge on any atom is 0.0870 e. The van der Waals surface area contributed by atoms with E-state index in [-0.39, 0.29) is 11.8 Å². The van der Waals surface area contributed by atoms with E-state index in [2.05, 4.69) is 12.1 Å². The van der Waals surface area contributed by atoms with Crippen molar-refractivity contribution in [1.29, 1.82) is 10.5 Å². The van der Waals surface area contributed by atoms with E-state index in [1.54, 1.807) is 24.3 Å². The maximum absolute atomic E-state index is 9.05. The van der Waals surface area contributed by atoms with Crippen molar-refractivity contribution in [1.82, 2.24) is 0 Å². The first-order chi connectivity index (χ1) is 7.22. The van der Waals surface area contributed by atoms with Crippen LogP contribution in [0.2, 0.25) is 5.02 Å². The summed E-state index contributed by atoms with van der Waals surface area (Å²) in [6.07, 6.45) is 0.678. The van der Waals surface area contributed by atoms with E-state index in [0.29, 0.717) is 11.4 Å². The molecular weight excluding hydrogens is 208 g/mol. The zero-order chi connectivity index (χ0) is 11.3. The standard InChI is InChI=1S/C12H11ClN2/c1-2-9(7-14)12(8-15)10-3-5-11(13)6-4-10/h3-6,9,12H,2H2,1H3. The molecule has 0 spiro atoms. The third kappa shape index (κ3) is 2.72. The van der Waals surface area contributed by atoms with Crippen LogP contribution in [0.5, 0.6) is 0 Å². The number of halogens is 1. The highest BCUT2D eigenvalue weighted by Crippen LogP contribution is 2.26. The molecule has 0 fully saturated rings. The predicted molar refractivity (Wildman–Crippen MR) is 59.2 cm³/mol. The molecule has 1 rings (SSSR count). The van der Waals surface area contributed by atoms with Crippen molar-refractivity contribution >= 4 is 11.6 Å².